The maximum atomic E-state index is 13.0. The molecule has 1 nitrogen and oxygen atoms in total. The van der Waals surface area contributed by atoms with Crippen LogP contribution >= 0.6 is 11.6 Å². The van der Waals surface area contributed by atoms with Crippen molar-refractivity contribution in [2.24, 2.45) is 0 Å². The minimum absolute atomic E-state index is 0.270. The molecule has 1 aromatic carbocycles. The molecule has 1 aliphatic heterocycles. The van der Waals surface area contributed by atoms with Crippen molar-refractivity contribution >= 4 is 11.6 Å². The van der Waals surface area contributed by atoms with Gasteiger partial charge in [0.2, 0.25) is 0 Å². The van der Waals surface area contributed by atoms with Gasteiger partial charge in [-0.15, -0.1) is 11.6 Å². The summed E-state index contributed by atoms with van der Waals surface area (Å²) in [6.45, 7) is 2.80. The van der Waals surface area contributed by atoms with Crippen LogP contribution in [0, 0.1) is 11.6 Å². The van der Waals surface area contributed by atoms with Crippen molar-refractivity contribution in [1.29, 1.82) is 0 Å². The minimum Gasteiger partial charge on any atom is -0.302 e. The molecule has 0 spiro atoms. The van der Waals surface area contributed by atoms with Gasteiger partial charge in [0.05, 0.1) is 5.38 Å². The number of hydrogen-bond donors (Lipinski definition) is 0. The fourth-order valence-corrected chi connectivity index (χ4v) is 2.34. The first-order valence-corrected chi connectivity index (χ1v) is 5.92. The van der Waals surface area contributed by atoms with Crippen molar-refractivity contribution in [3.8, 4) is 0 Å². The number of halogens is 3. The summed E-state index contributed by atoms with van der Waals surface area (Å²) in [5.74, 6) is -1.65. The topological polar surface area (TPSA) is 3.24 Å². The van der Waals surface area contributed by atoms with Crippen LogP contribution in [0.3, 0.4) is 0 Å². The molecule has 0 aromatic heterocycles. The van der Waals surface area contributed by atoms with Gasteiger partial charge in [0, 0.05) is 6.54 Å². The molecule has 88 valence electrons. The van der Waals surface area contributed by atoms with E-state index in [4.69, 9.17) is 11.6 Å². The number of nitrogens with zero attached hydrogens (tertiary/aromatic N) is 1. The molecular weight excluding hydrogens is 232 g/mol. The van der Waals surface area contributed by atoms with Crippen molar-refractivity contribution in [2.75, 3.05) is 19.6 Å². The summed E-state index contributed by atoms with van der Waals surface area (Å²) in [5.41, 5.74) is 0.646. The fraction of sp³-hybridized carbons (Fsp3) is 0.500. The Kier molecular flexibility index (Phi) is 3.77. The van der Waals surface area contributed by atoms with Crippen molar-refractivity contribution < 1.29 is 8.78 Å². The molecule has 1 saturated heterocycles. The van der Waals surface area contributed by atoms with Crippen LogP contribution in [0.25, 0.3) is 0 Å². The van der Waals surface area contributed by atoms with Crippen LogP contribution in [0.4, 0.5) is 8.78 Å². The van der Waals surface area contributed by atoms with E-state index in [-0.39, 0.29) is 5.38 Å². The van der Waals surface area contributed by atoms with Crippen LogP contribution in [-0.2, 0) is 0 Å². The number of alkyl halides is 1. The Morgan fingerprint density at radius 3 is 2.50 bits per heavy atom. The highest BCUT2D eigenvalue weighted by molar-refractivity contribution is 6.21. The first-order valence-electron chi connectivity index (χ1n) is 5.48. The summed E-state index contributed by atoms with van der Waals surface area (Å²) in [4.78, 5) is 2.25. The van der Waals surface area contributed by atoms with E-state index in [2.05, 4.69) is 4.90 Å². The molecule has 0 radical (unpaired) electrons. The molecule has 1 unspecified atom stereocenters. The number of hydrogen-bond acceptors (Lipinski definition) is 1. The summed E-state index contributed by atoms with van der Waals surface area (Å²) in [6.07, 6.45) is 2.39. The lowest BCUT2D eigenvalue weighted by Gasteiger charge is -2.18. The molecule has 0 N–H and O–H groups in total. The number of benzene rings is 1. The maximum Gasteiger partial charge on any atom is 0.159 e. The van der Waals surface area contributed by atoms with Gasteiger partial charge in [-0.25, -0.2) is 8.78 Å². The van der Waals surface area contributed by atoms with Crippen LogP contribution in [0.1, 0.15) is 23.8 Å². The van der Waals surface area contributed by atoms with E-state index in [0.29, 0.717) is 12.1 Å². The predicted molar refractivity (Wildman–Crippen MR) is 60.6 cm³/mol. The summed E-state index contributed by atoms with van der Waals surface area (Å²) < 4.78 is 25.7. The first-order chi connectivity index (χ1) is 7.66. The van der Waals surface area contributed by atoms with Crippen molar-refractivity contribution in [3.05, 3.63) is 35.4 Å². The Balaban J connectivity index is 2.02. The lowest BCUT2D eigenvalue weighted by Crippen LogP contribution is -2.23. The lowest BCUT2D eigenvalue weighted by molar-refractivity contribution is 0.338. The molecular formula is C12H14ClF2N. The quantitative estimate of drug-likeness (QED) is 0.739. The van der Waals surface area contributed by atoms with E-state index >= 15 is 0 Å². The molecule has 0 amide bonds. The molecule has 2 rings (SSSR count). The fourth-order valence-electron chi connectivity index (χ4n) is 2.00. The van der Waals surface area contributed by atoms with Crippen molar-refractivity contribution in [2.45, 2.75) is 18.2 Å². The standard InChI is InChI=1S/C12H14ClF2N/c13-10(8-16-5-1-2-6-16)9-3-4-11(14)12(15)7-9/h3-4,7,10H,1-2,5-6,8H2. The van der Waals surface area contributed by atoms with Gasteiger partial charge in [-0.2, -0.15) is 0 Å². The van der Waals surface area contributed by atoms with Gasteiger partial charge in [-0.3, -0.25) is 0 Å². The average molecular weight is 246 g/mol. The largest absolute Gasteiger partial charge is 0.302 e. The van der Waals surface area contributed by atoms with Crippen molar-refractivity contribution in [3.63, 3.8) is 0 Å². The molecule has 4 heteroatoms. The van der Waals surface area contributed by atoms with E-state index in [0.717, 1.165) is 19.2 Å². The summed E-state index contributed by atoms with van der Waals surface area (Å²) in [7, 11) is 0. The molecule has 16 heavy (non-hydrogen) atoms. The van der Waals surface area contributed by atoms with Gasteiger partial charge in [0.25, 0.3) is 0 Å². The highest BCUT2D eigenvalue weighted by Gasteiger charge is 2.18. The van der Waals surface area contributed by atoms with Crippen LogP contribution in [0.5, 0.6) is 0 Å². The molecule has 0 saturated carbocycles. The van der Waals surface area contributed by atoms with Crippen LogP contribution in [-0.4, -0.2) is 24.5 Å². The third-order valence-corrected chi connectivity index (χ3v) is 3.31. The Hall–Kier alpha value is -0.670. The van der Waals surface area contributed by atoms with E-state index in [1.807, 2.05) is 0 Å². The van der Waals surface area contributed by atoms with Crippen molar-refractivity contribution in [1.82, 2.24) is 4.90 Å². The number of rotatable bonds is 3. The van der Waals surface area contributed by atoms with E-state index < -0.39 is 11.6 Å². The number of likely N-dealkylation sites (tertiary alicyclic amines) is 1. The second-order valence-corrected chi connectivity index (χ2v) is 4.68. The molecule has 1 heterocycles. The first kappa shape index (κ1) is 11.8. The average Bonchev–Trinajstić information content (AvgIpc) is 2.74. The minimum atomic E-state index is -0.829. The van der Waals surface area contributed by atoms with Gasteiger partial charge in [-0.1, -0.05) is 6.07 Å². The molecule has 0 aliphatic carbocycles. The molecule has 1 aliphatic rings. The lowest BCUT2D eigenvalue weighted by atomic mass is 10.1. The third-order valence-electron chi connectivity index (χ3n) is 2.92. The summed E-state index contributed by atoms with van der Waals surface area (Å²) >= 11 is 6.18. The molecule has 1 fully saturated rings. The molecule has 0 bridgehead atoms. The normalized spacial score (nSPS) is 18.9. The molecule has 1 atom stereocenters. The van der Waals surface area contributed by atoms with E-state index in [1.54, 1.807) is 6.07 Å². The van der Waals surface area contributed by atoms with Gasteiger partial charge in [0.1, 0.15) is 0 Å². The Morgan fingerprint density at radius 1 is 1.19 bits per heavy atom. The monoisotopic (exact) mass is 245 g/mol. The smallest absolute Gasteiger partial charge is 0.159 e. The van der Waals surface area contributed by atoms with Gasteiger partial charge >= 0.3 is 0 Å². The zero-order valence-corrected chi connectivity index (χ0v) is 9.68. The third kappa shape index (κ3) is 2.71. The van der Waals surface area contributed by atoms with Gasteiger partial charge < -0.3 is 4.90 Å². The Morgan fingerprint density at radius 2 is 1.88 bits per heavy atom. The maximum absolute atomic E-state index is 13.0. The van der Waals surface area contributed by atoms with Crippen LogP contribution in [0.2, 0.25) is 0 Å². The van der Waals surface area contributed by atoms with E-state index in [9.17, 15) is 8.78 Å². The summed E-state index contributed by atoms with van der Waals surface area (Å²) in [5, 5.41) is -0.270. The second kappa shape index (κ2) is 5.11. The second-order valence-electron chi connectivity index (χ2n) is 4.15. The Labute approximate surface area is 99.0 Å². The van der Waals surface area contributed by atoms with E-state index in [1.165, 1.54) is 18.9 Å². The van der Waals surface area contributed by atoms with Gasteiger partial charge in [-0.05, 0) is 43.6 Å². The Bertz CT molecular complexity index is 364. The predicted octanol–water partition coefficient (Wildman–Crippen LogP) is 3.34. The summed E-state index contributed by atoms with van der Waals surface area (Å²) in [6, 6.07) is 3.86. The van der Waals surface area contributed by atoms with Crippen LogP contribution < -0.4 is 0 Å². The van der Waals surface area contributed by atoms with Crippen LogP contribution in [0.15, 0.2) is 18.2 Å². The zero-order chi connectivity index (χ0) is 11.5. The zero-order valence-electron chi connectivity index (χ0n) is 8.93. The van der Waals surface area contributed by atoms with Gasteiger partial charge in [0.15, 0.2) is 11.6 Å². The SMILES string of the molecule is Fc1ccc(C(Cl)CN2CCCC2)cc1F. The highest BCUT2D eigenvalue weighted by atomic mass is 35.5. The highest BCUT2D eigenvalue weighted by Crippen LogP contribution is 2.24. The molecule has 1 aromatic rings.